The molecule has 0 spiro atoms. The number of morpholine rings is 1. The van der Waals surface area contributed by atoms with Crippen molar-refractivity contribution in [3.8, 4) is 0 Å². The van der Waals surface area contributed by atoms with Gasteiger partial charge < -0.3 is 10.5 Å². The van der Waals surface area contributed by atoms with Crippen molar-refractivity contribution in [1.29, 1.82) is 0 Å². The lowest BCUT2D eigenvalue weighted by atomic mass is 10.0. The molecule has 1 aliphatic heterocycles. The van der Waals surface area contributed by atoms with Gasteiger partial charge >= 0.3 is 0 Å². The third-order valence-electron chi connectivity index (χ3n) is 3.33. The van der Waals surface area contributed by atoms with Crippen molar-refractivity contribution >= 4 is 11.3 Å². The summed E-state index contributed by atoms with van der Waals surface area (Å²) in [6, 6.07) is 2.67. The van der Waals surface area contributed by atoms with E-state index in [1.165, 1.54) is 10.4 Å². The van der Waals surface area contributed by atoms with Crippen molar-refractivity contribution in [3.05, 3.63) is 21.9 Å². The van der Waals surface area contributed by atoms with Crippen molar-refractivity contribution in [3.63, 3.8) is 0 Å². The molecule has 0 aliphatic carbocycles. The van der Waals surface area contributed by atoms with E-state index in [0.29, 0.717) is 12.1 Å². The molecule has 1 aliphatic rings. The first-order valence-corrected chi connectivity index (χ1v) is 7.12. The van der Waals surface area contributed by atoms with Crippen molar-refractivity contribution in [2.24, 2.45) is 5.73 Å². The standard InChI is InChI=1S/C13H22N2OS/c1-9-4-7-17-13(9)12(11(3)14)15-5-6-16-10(2)8-15/h4,7,10-12H,5-6,8,14H2,1-3H3. The highest BCUT2D eigenvalue weighted by Crippen LogP contribution is 2.31. The summed E-state index contributed by atoms with van der Waals surface area (Å²) in [5.74, 6) is 0. The molecule has 0 amide bonds. The number of hydrogen-bond donors (Lipinski definition) is 1. The molecule has 4 heteroatoms. The van der Waals surface area contributed by atoms with E-state index in [4.69, 9.17) is 10.5 Å². The summed E-state index contributed by atoms with van der Waals surface area (Å²) in [6.45, 7) is 9.17. The lowest BCUT2D eigenvalue weighted by Crippen LogP contribution is -2.47. The summed E-state index contributed by atoms with van der Waals surface area (Å²) in [5.41, 5.74) is 7.56. The lowest BCUT2D eigenvalue weighted by molar-refractivity contribution is -0.0371. The second-order valence-electron chi connectivity index (χ2n) is 4.95. The van der Waals surface area contributed by atoms with Crippen LogP contribution in [0.4, 0.5) is 0 Å². The molecule has 3 nitrogen and oxygen atoms in total. The van der Waals surface area contributed by atoms with Gasteiger partial charge in [-0.15, -0.1) is 11.3 Å². The minimum atomic E-state index is 0.151. The van der Waals surface area contributed by atoms with Crippen LogP contribution in [0.3, 0.4) is 0 Å². The van der Waals surface area contributed by atoms with Gasteiger partial charge in [0.1, 0.15) is 0 Å². The summed E-state index contributed by atoms with van der Waals surface area (Å²) in [6.07, 6.45) is 0.310. The zero-order chi connectivity index (χ0) is 12.4. The second-order valence-corrected chi connectivity index (χ2v) is 5.90. The highest BCUT2D eigenvalue weighted by atomic mass is 32.1. The molecule has 2 rings (SSSR count). The van der Waals surface area contributed by atoms with E-state index in [-0.39, 0.29) is 6.04 Å². The van der Waals surface area contributed by atoms with Gasteiger partial charge in [-0.2, -0.15) is 0 Å². The fourth-order valence-corrected chi connectivity index (χ4v) is 3.70. The Balaban J connectivity index is 2.20. The van der Waals surface area contributed by atoms with Crippen LogP contribution in [0.2, 0.25) is 0 Å². The van der Waals surface area contributed by atoms with Gasteiger partial charge in [-0.3, -0.25) is 4.90 Å². The first-order valence-electron chi connectivity index (χ1n) is 6.25. The van der Waals surface area contributed by atoms with Crippen LogP contribution in [0, 0.1) is 6.92 Å². The topological polar surface area (TPSA) is 38.5 Å². The molecule has 96 valence electrons. The molecule has 1 fully saturated rings. The Morgan fingerprint density at radius 1 is 1.59 bits per heavy atom. The second kappa shape index (κ2) is 5.48. The number of thiophene rings is 1. The van der Waals surface area contributed by atoms with E-state index in [9.17, 15) is 0 Å². The van der Waals surface area contributed by atoms with Crippen LogP contribution in [0.15, 0.2) is 11.4 Å². The van der Waals surface area contributed by atoms with Gasteiger partial charge in [0.2, 0.25) is 0 Å². The molecule has 3 unspecified atom stereocenters. The predicted octanol–water partition coefficient (Wildman–Crippen LogP) is 2.17. The minimum absolute atomic E-state index is 0.151. The van der Waals surface area contributed by atoms with Crippen LogP contribution >= 0.6 is 11.3 Å². The van der Waals surface area contributed by atoms with Gasteiger partial charge in [-0.05, 0) is 37.8 Å². The van der Waals surface area contributed by atoms with E-state index in [1.54, 1.807) is 0 Å². The molecular formula is C13H22N2OS. The molecular weight excluding hydrogens is 232 g/mol. The van der Waals surface area contributed by atoms with Crippen LogP contribution in [-0.4, -0.2) is 36.7 Å². The Bertz CT molecular complexity index is 364. The zero-order valence-electron chi connectivity index (χ0n) is 10.8. The first kappa shape index (κ1) is 13.0. The van der Waals surface area contributed by atoms with Crippen molar-refractivity contribution in [2.45, 2.75) is 39.0 Å². The van der Waals surface area contributed by atoms with Gasteiger partial charge in [0.15, 0.2) is 0 Å². The van der Waals surface area contributed by atoms with Crippen molar-refractivity contribution in [2.75, 3.05) is 19.7 Å². The molecule has 0 aromatic carbocycles. The van der Waals surface area contributed by atoms with E-state index >= 15 is 0 Å². The Morgan fingerprint density at radius 3 is 2.88 bits per heavy atom. The fourth-order valence-electron chi connectivity index (χ4n) is 2.52. The van der Waals surface area contributed by atoms with Crippen LogP contribution in [-0.2, 0) is 4.74 Å². The molecule has 1 saturated heterocycles. The average molecular weight is 254 g/mol. The van der Waals surface area contributed by atoms with Crippen molar-refractivity contribution in [1.82, 2.24) is 4.90 Å². The van der Waals surface area contributed by atoms with E-state index < -0.39 is 0 Å². The van der Waals surface area contributed by atoms with E-state index in [2.05, 4.69) is 37.1 Å². The third kappa shape index (κ3) is 2.88. The van der Waals surface area contributed by atoms with Crippen LogP contribution in [0.5, 0.6) is 0 Å². The zero-order valence-corrected chi connectivity index (χ0v) is 11.7. The number of ether oxygens (including phenoxy) is 1. The molecule has 1 aromatic rings. The Morgan fingerprint density at radius 2 is 2.35 bits per heavy atom. The molecule has 0 radical (unpaired) electrons. The average Bonchev–Trinajstić information content (AvgIpc) is 2.65. The van der Waals surface area contributed by atoms with Gasteiger partial charge in [0.25, 0.3) is 0 Å². The van der Waals surface area contributed by atoms with E-state index in [1.807, 2.05) is 11.3 Å². The van der Waals surface area contributed by atoms with Crippen molar-refractivity contribution < 1.29 is 4.74 Å². The number of nitrogens with two attached hydrogens (primary N) is 1. The predicted molar refractivity (Wildman–Crippen MR) is 72.4 cm³/mol. The third-order valence-corrected chi connectivity index (χ3v) is 4.42. The molecule has 2 heterocycles. The summed E-state index contributed by atoms with van der Waals surface area (Å²) in [5, 5.41) is 2.16. The highest BCUT2D eigenvalue weighted by Gasteiger charge is 2.29. The Kier molecular flexibility index (Phi) is 4.20. The summed E-state index contributed by atoms with van der Waals surface area (Å²) in [4.78, 5) is 3.88. The van der Waals surface area contributed by atoms with Gasteiger partial charge in [0.05, 0.1) is 18.8 Å². The first-order chi connectivity index (χ1) is 8.09. The monoisotopic (exact) mass is 254 g/mol. The normalized spacial score (nSPS) is 25.8. The van der Waals surface area contributed by atoms with Crippen LogP contribution in [0.25, 0.3) is 0 Å². The quantitative estimate of drug-likeness (QED) is 0.898. The van der Waals surface area contributed by atoms with Gasteiger partial charge in [-0.25, -0.2) is 0 Å². The number of nitrogens with zero attached hydrogens (tertiary/aromatic N) is 1. The molecule has 17 heavy (non-hydrogen) atoms. The molecule has 2 N–H and O–H groups in total. The van der Waals surface area contributed by atoms with Crippen LogP contribution in [0.1, 0.15) is 30.3 Å². The summed E-state index contributed by atoms with van der Waals surface area (Å²) in [7, 11) is 0. The molecule has 0 bridgehead atoms. The fraction of sp³-hybridized carbons (Fsp3) is 0.692. The lowest BCUT2D eigenvalue weighted by Gasteiger charge is -2.39. The number of aryl methyl sites for hydroxylation is 1. The number of hydrogen-bond acceptors (Lipinski definition) is 4. The minimum Gasteiger partial charge on any atom is -0.376 e. The van der Waals surface area contributed by atoms with E-state index in [0.717, 1.165) is 19.7 Å². The highest BCUT2D eigenvalue weighted by molar-refractivity contribution is 7.10. The molecule has 3 atom stereocenters. The number of rotatable bonds is 3. The van der Waals surface area contributed by atoms with Gasteiger partial charge in [0, 0.05) is 24.0 Å². The maximum Gasteiger partial charge on any atom is 0.0674 e. The summed E-state index contributed by atoms with van der Waals surface area (Å²) >= 11 is 1.82. The van der Waals surface area contributed by atoms with Gasteiger partial charge in [-0.1, -0.05) is 0 Å². The Hall–Kier alpha value is -0.420. The SMILES string of the molecule is Cc1ccsc1C(C(C)N)N1CCOC(C)C1. The smallest absolute Gasteiger partial charge is 0.0674 e. The largest absolute Gasteiger partial charge is 0.376 e. The Labute approximate surface area is 108 Å². The molecule has 0 saturated carbocycles. The maximum atomic E-state index is 6.20. The maximum absolute atomic E-state index is 6.20. The molecule has 1 aromatic heterocycles. The van der Waals surface area contributed by atoms with Crippen LogP contribution < -0.4 is 5.73 Å². The summed E-state index contributed by atoms with van der Waals surface area (Å²) < 4.78 is 5.61.